The summed E-state index contributed by atoms with van der Waals surface area (Å²) in [5, 5.41) is 9.62. The van der Waals surface area contributed by atoms with E-state index in [0.29, 0.717) is 37.3 Å². The third-order valence-corrected chi connectivity index (χ3v) is 6.83. The molecule has 2 amide bonds. The monoisotopic (exact) mass is 459 g/mol. The fraction of sp³-hybridized carbons (Fsp3) is 0.481. The van der Waals surface area contributed by atoms with Gasteiger partial charge in [-0.25, -0.2) is 0 Å². The van der Waals surface area contributed by atoms with Gasteiger partial charge in [0, 0.05) is 43.3 Å². The van der Waals surface area contributed by atoms with Crippen molar-refractivity contribution >= 4 is 17.5 Å². The molecular formula is C27H33N5O2. The minimum absolute atomic E-state index is 0.0372. The molecule has 0 bridgehead atoms. The van der Waals surface area contributed by atoms with Crippen molar-refractivity contribution in [1.29, 1.82) is 5.26 Å². The first-order chi connectivity index (χ1) is 16.3. The number of carbonyl (C=O) groups excluding carboxylic acids is 2. The maximum absolute atomic E-state index is 14.1. The molecule has 2 aliphatic heterocycles. The van der Waals surface area contributed by atoms with Gasteiger partial charge in [-0.1, -0.05) is 39.0 Å². The molecule has 34 heavy (non-hydrogen) atoms. The highest BCUT2D eigenvalue weighted by atomic mass is 16.2. The third kappa shape index (κ3) is 4.77. The van der Waals surface area contributed by atoms with E-state index in [1.54, 1.807) is 28.3 Å². The molecule has 2 fully saturated rings. The highest BCUT2D eigenvalue weighted by Crippen LogP contribution is 2.34. The molecule has 7 heteroatoms. The van der Waals surface area contributed by atoms with Crippen molar-refractivity contribution < 1.29 is 9.59 Å². The zero-order valence-corrected chi connectivity index (χ0v) is 20.3. The molecule has 2 atom stereocenters. The Labute approximate surface area is 202 Å². The second kappa shape index (κ2) is 9.84. The molecule has 0 N–H and O–H groups in total. The minimum Gasteiger partial charge on any atom is -0.341 e. The Morgan fingerprint density at radius 3 is 2.38 bits per heavy atom. The van der Waals surface area contributed by atoms with Gasteiger partial charge >= 0.3 is 0 Å². The van der Waals surface area contributed by atoms with Crippen LogP contribution in [0.15, 0.2) is 48.8 Å². The lowest BCUT2D eigenvalue weighted by Gasteiger charge is -2.36. The molecule has 2 aliphatic rings. The molecule has 2 unspecified atom stereocenters. The van der Waals surface area contributed by atoms with E-state index in [1.807, 2.05) is 35.2 Å². The van der Waals surface area contributed by atoms with Crippen LogP contribution in [0.2, 0.25) is 0 Å². The summed E-state index contributed by atoms with van der Waals surface area (Å²) in [6.45, 7) is 8.36. The van der Waals surface area contributed by atoms with E-state index in [2.05, 4.69) is 31.9 Å². The minimum atomic E-state index is -0.832. The molecule has 0 radical (unpaired) electrons. The number of likely N-dealkylation sites (tertiary alicyclic amines) is 2. The van der Waals surface area contributed by atoms with E-state index in [4.69, 9.17) is 0 Å². The summed E-state index contributed by atoms with van der Waals surface area (Å²) in [7, 11) is 0. The smallest absolute Gasteiger partial charge is 0.251 e. The number of rotatable bonds is 5. The molecule has 1 aromatic carbocycles. The zero-order chi connectivity index (χ0) is 24.3. The number of nitrogens with zero attached hydrogens (tertiary/aromatic N) is 5. The SMILES string of the molecule is CC(C)(C)c1ccc(N(C(=O)C2CCCN2C#N)C(C(=O)N2CCCC2)c2cccnc2)cc1. The Balaban J connectivity index is 1.82. The highest BCUT2D eigenvalue weighted by molar-refractivity contribution is 6.04. The van der Waals surface area contributed by atoms with E-state index in [9.17, 15) is 14.9 Å². The highest BCUT2D eigenvalue weighted by Gasteiger charge is 2.41. The predicted octanol–water partition coefficient (Wildman–Crippen LogP) is 4.02. The molecular weight excluding hydrogens is 426 g/mol. The topological polar surface area (TPSA) is 80.5 Å². The molecule has 2 saturated heterocycles. The Kier molecular flexibility index (Phi) is 6.87. The number of pyridine rings is 1. The number of hydrogen-bond acceptors (Lipinski definition) is 5. The van der Waals surface area contributed by atoms with Crippen molar-refractivity contribution in [2.24, 2.45) is 0 Å². The summed E-state index contributed by atoms with van der Waals surface area (Å²) >= 11 is 0. The Morgan fingerprint density at radius 1 is 1.09 bits per heavy atom. The maximum Gasteiger partial charge on any atom is 0.251 e. The van der Waals surface area contributed by atoms with Crippen LogP contribution in [0.4, 0.5) is 5.69 Å². The van der Waals surface area contributed by atoms with Crippen molar-refractivity contribution in [1.82, 2.24) is 14.8 Å². The van der Waals surface area contributed by atoms with E-state index in [-0.39, 0.29) is 17.2 Å². The fourth-order valence-electron chi connectivity index (χ4n) is 4.88. The molecule has 178 valence electrons. The molecule has 0 saturated carbocycles. The van der Waals surface area contributed by atoms with Gasteiger partial charge in [0.2, 0.25) is 5.91 Å². The van der Waals surface area contributed by atoms with Gasteiger partial charge in [0.15, 0.2) is 6.19 Å². The number of hydrogen-bond donors (Lipinski definition) is 0. The van der Waals surface area contributed by atoms with Crippen molar-refractivity contribution in [2.45, 2.75) is 64.0 Å². The summed E-state index contributed by atoms with van der Waals surface area (Å²) in [5.41, 5.74) is 2.44. The number of anilines is 1. The van der Waals surface area contributed by atoms with Crippen LogP contribution in [0.5, 0.6) is 0 Å². The van der Waals surface area contributed by atoms with Crippen LogP contribution in [0.25, 0.3) is 0 Å². The zero-order valence-electron chi connectivity index (χ0n) is 20.3. The first-order valence-corrected chi connectivity index (χ1v) is 12.1. The van der Waals surface area contributed by atoms with E-state index >= 15 is 0 Å². The van der Waals surface area contributed by atoms with Crippen molar-refractivity contribution in [3.05, 3.63) is 59.9 Å². The van der Waals surface area contributed by atoms with Crippen LogP contribution in [-0.2, 0) is 15.0 Å². The lowest BCUT2D eigenvalue weighted by atomic mass is 9.87. The average molecular weight is 460 g/mol. The van der Waals surface area contributed by atoms with Crippen molar-refractivity contribution in [3.8, 4) is 6.19 Å². The largest absolute Gasteiger partial charge is 0.341 e. The van der Waals surface area contributed by atoms with Gasteiger partial charge in [-0.3, -0.25) is 24.4 Å². The Bertz CT molecular complexity index is 1050. The van der Waals surface area contributed by atoms with E-state index in [0.717, 1.165) is 24.8 Å². The first-order valence-electron chi connectivity index (χ1n) is 12.1. The van der Waals surface area contributed by atoms with Crippen molar-refractivity contribution in [3.63, 3.8) is 0 Å². The number of nitriles is 1. The van der Waals surface area contributed by atoms with Crippen LogP contribution >= 0.6 is 0 Å². The number of aromatic nitrogens is 1. The van der Waals surface area contributed by atoms with Crippen LogP contribution in [0, 0.1) is 11.5 Å². The van der Waals surface area contributed by atoms with Crippen LogP contribution in [-0.4, -0.2) is 52.3 Å². The van der Waals surface area contributed by atoms with E-state index in [1.165, 1.54) is 0 Å². The lowest BCUT2D eigenvalue weighted by molar-refractivity contribution is -0.134. The van der Waals surface area contributed by atoms with Gasteiger partial charge in [-0.2, -0.15) is 5.26 Å². The molecule has 2 aromatic rings. The predicted molar refractivity (Wildman–Crippen MR) is 131 cm³/mol. The second-order valence-electron chi connectivity index (χ2n) is 10.2. The number of carbonyl (C=O) groups is 2. The standard InChI is InChI=1S/C27H33N5O2/c1-27(2,3)21-10-12-22(13-11-21)32(25(33)23-9-7-17-31(23)19-28)24(20-8-6-14-29-18-20)26(34)30-15-4-5-16-30/h6,8,10-14,18,23-24H,4-5,7,9,15-17H2,1-3H3. The van der Waals surface area contributed by atoms with Gasteiger partial charge in [0.25, 0.3) is 5.91 Å². The Morgan fingerprint density at radius 2 is 1.79 bits per heavy atom. The molecule has 0 spiro atoms. The first kappa shape index (κ1) is 23.7. The number of amides is 2. The lowest BCUT2D eigenvalue weighted by Crippen LogP contribution is -2.50. The summed E-state index contributed by atoms with van der Waals surface area (Å²) in [5.74, 6) is -0.316. The summed E-state index contributed by atoms with van der Waals surface area (Å²) in [6.07, 6.45) is 8.80. The molecule has 1 aromatic heterocycles. The molecule has 0 aliphatic carbocycles. The van der Waals surface area contributed by atoms with Crippen molar-refractivity contribution in [2.75, 3.05) is 24.5 Å². The molecule has 3 heterocycles. The second-order valence-corrected chi connectivity index (χ2v) is 10.2. The summed E-state index contributed by atoms with van der Waals surface area (Å²) < 4.78 is 0. The molecule has 4 rings (SSSR count). The average Bonchev–Trinajstić information content (AvgIpc) is 3.54. The van der Waals surface area contributed by atoms with E-state index < -0.39 is 12.1 Å². The normalized spacial score (nSPS) is 19.1. The van der Waals surface area contributed by atoms with Gasteiger partial charge in [0.05, 0.1) is 0 Å². The van der Waals surface area contributed by atoms with Gasteiger partial charge in [-0.05, 0) is 54.9 Å². The maximum atomic E-state index is 14.1. The third-order valence-electron chi connectivity index (χ3n) is 6.83. The number of benzene rings is 1. The quantitative estimate of drug-likeness (QED) is 0.631. The summed E-state index contributed by atoms with van der Waals surface area (Å²) in [6, 6.07) is 10.1. The van der Waals surface area contributed by atoms with Crippen LogP contribution in [0.3, 0.4) is 0 Å². The fourth-order valence-corrected chi connectivity index (χ4v) is 4.88. The Hall–Kier alpha value is -3.40. The van der Waals surface area contributed by atoms with Gasteiger partial charge in [-0.15, -0.1) is 0 Å². The summed E-state index contributed by atoms with van der Waals surface area (Å²) in [4.78, 5) is 37.2. The van der Waals surface area contributed by atoms with Crippen LogP contribution in [0.1, 0.15) is 63.6 Å². The van der Waals surface area contributed by atoms with Gasteiger partial charge in [0.1, 0.15) is 12.1 Å². The van der Waals surface area contributed by atoms with Gasteiger partial charge < -0.3 is 4.90 Å². The van der Waals surface area contributed by atoms with Crippen LogP contribution < -0.4 is 4.90 Å². The molecule has 7 nitrogen and oxygen atoms in total.